The summed E-state index contributed by atoms with van der Waals surface area (Å²) in [4.78, 5) is 31.6. The Balaban J connectivity index is 1.59. The van der Waals surface area contributed by atoms with E-state index < -0.39 is 5.82 Å². The monoisotopic (exact) mass is 563 g/mol. The fraction of sp³-hybridized carbons (Fsp3) is 0.143. The van der Waals surface area contributed by atoms with Crippen molar-refractivity contribution in [2.24, 2.45) is 0 Å². The number of carbonyl (C=O) groups excluding carboxylic acids is 1. The lowest BCUT2D eigenvalue weighted by atomic mass is 10.1. The number of ether oxygens (including phenoxy) is 1. The number of thiazole rings is 1. The van der Waals surface area contributed by atoms with Gasteiger partial charge in [0.05, 0.1) is 18.6 Å². The standard InChI is InChI=1S/C28H22FN3O3S3/c1-35-23-10-6-5-9-21(23)32-26(34)24-25(31(28(36)38-24)16-15-18-7-3-2-4-8-18)30-27(32)37-17-22(33)19-11-13-20(29)14-12-19/h2-14H,15-17H2,1H3. The number of aromatic nitrogens is 3. The van der Waals surface area contributed by atoms with Crippen LogP contribution in [0.15, 0.2) is 88.8 Å². The number of aryl methyl sites for hydroxylation is 2. The van der Waals surface area contributed by atoms with E-state index in [9.17, 15) is 14.0 Å². The molecule has 0 spiro atoms. The maximum atomic E-state index is 13.9. The molecule has 0 aliphatic carbocycles. The van der Waals surface area contributed by atoms with Crippen molar-refractivity contribution in [2.75, 3.05) is 12.9 Å². The van der Waals surface area contributed by atoms with Crippen LogP contribution >= 0.6 is 35.3 Å². The van der Waals surface area contributed by atoms with E-state index in [1.807, 2.05) is 41.0 Å². The molecule has 6 nitrogen and oxygen atoms in total. The summed E-state index contributed by atoms with van der Waals surface area (Å²) in [5.41, 5.74) is 2.25. The average Bonchev–Trinajstić information content (AvgIpc) is 3.26. The molecule has 3 aromatic carbocycles. The van der Waals surface area contributed by atoms with Gasteiger partial charge in [-0.05, 0) is 60.6 Å². The molecular formula is C28H22FN3O3S3. The zero-order valence-electron chi connectivity index (χ0n) is 20.3. The van der Waals surface area contributed by atoms with Gasteiger partial charge in [0, 0.05) is 12.1 Å². The molecule has 0 aliphatic rings. The predicted molar refractivity (Wildman–Crippen MR) is 152 cm³/mol. The number of fused-ring (bicyclic) bond motifs is 1. The highest BCUT2D eigenvalue weighted by Gasteiger charge is 2.21. The summed E-state index contributed by atoms with van der Waals surface area (Å²) in [7, 11) is 1.53. The average molecular weight is 564 g/mol. The minimum Gasteiger partial charge on any atom is -0.495 e. The first-order chi connectivity index (χ1) is 18.5. The van der Waals surface area contributed by atoms with Crippen LogP contribution in [-0.4, -0.2) is 32.8 Å². The highest BCUT2D eigenvalue weighted by atomic mass is 32.2. The molecule has 0 amide bonds. The molecule has 10 heteroatoms. The van der Waals surface area contributed by atoms with Crippen molar-refractivity contribution in [1.29, 1.82) is 0 Å². The lowest BCUT2D eigenvalue weighted by Gasteiger charge is -2.15. The quantitative estimate of drug-likeness (QED) is 0.0902. The predicted octanol–water partition coefficient (Wildman–Crippen LogP) is 6.34. The second kappa shape index (κ2) is 11.4. The number of methoxy groups -OCH3 is 1. The smallest absolute Gasteiger partial charge is 0.278 e. The molecule has 2 aromatic heterocycles. The van der Waals surface area contributed by atoms with E-state index >= 15 is 0 Å². The summed E-state index contributed by atoms with van der Waals surface area (Å²) in [6.07, 6.45) is 0.726. The number of halogens is 1. The first-order valence-corrected chi connectivity index (χ1v) is 13.9. The largest absolute Gasteiger partial charge is 0.495 e. The Morgan fingerprint density at radius 2 is 1.76 bits per heavy atom. The van der Waals surface area contributed by atoms with Gasteiger partial charge in [-0.3, -0.25) is 14.2 Å². The van der Waals surface area contributed by atoms with Gasteiger partial charge in [-0.25, -0.2) is 9.37 Å². The molecule has 0 atom stereocenters. The summed E-state index contributed by atoms with van der Waals surface area (Å²) >= 11 is 8.00. The number of carbonyl (C=O) groups is 1. The summed E-state index contributed by atoms with van der Waals surface area (Å²) < 4.78 is 23.2. The van der Waals surface area contributed by atoms with Gasteiger partial charge in [-0.2, -0.15) is 0 Å². The van der Waals surface area contributed by atoms with Gasteiger partial charge in [0.15, 0.2) is 20.5 Å². The fourth-order valence-corrected chi connectivity index (χ4v) is 6.24. The Bertz CT molecular complexity index is 1730. The van der Waals surface area contributed by atoms with Gasteiger partial charge in [-0.15, -0.1) is 0 Å². The molecule has 0 unspecified atom stereocenters. The van der Waals surface area contributed by atoms with Crippen LogP contribution in [0, 0.1) is 9.77 Å². The molecule has 5 rings (SSSR count). The van der Waals surface area contributed by atoms with Gasteiger partial charge in [0.25, 0.3) is 5.56 Å². The molecule has 2 heterocycles. The topological polar surface area (TPSA) is 66.1 Å². The maximum absolute atomic E-state index is 13.9. The third-order valence-electron chi connectivity index (χ3n) is 5.95. The number of rotatable bonds is 9. The summed E-state index contributed by atoms with van der Waals surface area (Å²) in [6, 6.07) is 22.6. The van der Waals surface area contributed by atoms with E-state index in [0.717, 1.165) is 23.7 Å². The number of para-hydroxylation sites is 2. The van der Waals surface area contributed by atoms with Crippen molar-refractivity contribution >= 4 is 51.4 Å². The van der Waals surface area contributed by atoms with E-state index in [1.54, 1.807) is 18.2 Å². The van der Waals surface area contributed by atoms with Crippen LogP contribution in [0.5, 0.6) is 5.75 Å². The van der Waals surface area contributed by atoms with Gasteiger partial charge < -0.3 is 9.30 Å². The Kier molecular flexibility index (Phi) is 7.82. The molecule has 192 valence electrons. The van der Waals surface area contributed by atoms with E-state index in [4.69, 9.17) is 21.9 Å². The molecular weight excluding hydrogens is 542 g/mol. The highest BCUT2D eigenvalue weighted by molar-refractivity contribution is 7.99. The zero-order valence-corrected chi connectivity index (χ0v) is 22.7. The number of benzene rings is 3. The number of ketones is 1. The zero-order chi connectivity index (χ0) is 26.6. The van der Waals surface area contributed by atoms with E-state index in [0.29, 0.717) is 43.0 Å². The minimum atomic E-state index is -0.413. The summed E-state index contributed by atoms with van der Waals surface area (Å²) in [5, 5.41) is 0.337. The molecule has 0 aliphatic heterocycles. The van der Waals surface area contributed by atoms with E-state index in [-0.39, 0.29) is 17.1 Å². The van der Waals surface area contributed by atoms with Crippen LogP contribution in [0.4, 0.5) is 4.39 Å². The minimum absolute atomic E-state index is 0.00755. The number of hydrogen-bond donors (Lipinski definition) is 0. The van der Waals surface area contributed by atoms with Crippen molar-refractivity contribution in [3.8, 4) is 11.4 Å². The van der Waals surface area contributed by atoms with E-state index in [2.05, 4.69) is 0 Å². The van der Waals surface area contributed by atoms with E-state index in [1.165, 1.54) is 47.3 Å². The van der Waals surface area contributed by atoms with Crippen molar-refractivity contribution in [2.45, 2.75) is 18.1 Å². The summed E-state index contributed by atoms with van der Waals surface area (Å²) in [6.45, 7) is 0.562. The van der Waals surface area contributed by atoms with Crippen LogP contribution in [0.25, 0.3) is 16.0 Å². The lowest BCUT2D eigenvalue weighted by Crippen LogP contribution is -2.22. The van der Waals surface area contributed by atoms with Crippen LogP contribution in [0.1, 0.15) is 15.9 Å². The SMILES string of the molecule is COc1ccccc1-n1c(SCC(=O)c2ccc(F)cc2)nc2c(sc(=S)n2CCc2ccccc2)c1=O. The number of Topliss-reactive ketones (excluding diaryl/α,β-unsaturated/α-hetero) is 1. The Labute approximate surface area is 231 Å². The lowest BCUT2D eigenvalue weighted by molar-refractivity contribution is 0.102. The normalized spacial score (nSPS) is 11.1. The van der Waals surface area contributed by atoms with Crippen molar-refractivity contribution in [3.63, 3.8) is 0 Å². The van der Waals surface area contributed by atoms with Crippen LogP contribution in [-0.2, 0) is 13.0 Å². The van der Waals surface area contributed by atoms with Gasteiger partial charge in [0.2, 0.25) is 0 Å². The molecule has 0 saturated carbocycles. The van der Waals surface area contributed by atoms with Gasteiger partial charge in [0.1, 0.15) is 16.3 Å². The third-order valence-corrected chi connectivity index (χ3v) is 8.32. The Morgan fingerprint density at radius 1 is 1.05 bits per heavy atom. The van der Waals surface area contributed by atoms with Crippen molar-refractivity contribution in [1.82, 2.24) is 14.1 Å². The molecule has 0 radical (unpaired) electrons. The molecule has 38 heavy (non-hydrogen) atoms. The highest BCUT2D eigenvalue weighted by Crippen LogP contribution is 2.29. The fourth-order valence-electron chi connectivity index (χ4n) is 4.03. The van der Waals surface area contributed by atoms with Crippen LogP contribution in [0.3, 0.4) is 0 Å². The first kappa shape index (κ1) is 26.0. The molecule has 0 N–H and O–H groups in total. The summed E-state index contributed by atoms with van der Waals surface area (Å²) in [5.74, 6) is -0.117. The molecule has 0 bridgehead atoms. The number of thioether (sulfide) groups is 1. The number of nitrogens with zero attached hydrogens (tertiary/aromatic N) is 3. The third kappa shape index (κ3) is 5.33. The van der Waals surface area contributed by atoms with Gasteiger partial charge >= 0.3 is 0 Å². The second-order valence-corrected chi connectivity index (χ2v) is 10.9. The Hall–Kier alpha value is -3.60. The van der Waals surface area contributed by atoms with Gasteiger partial charge in [-0.1, -0.05) is 65.6 Å². The second-order valence-electron chi connectivity index (χ2n) is 8.33. The maximum Gasteiger partial charge on any atom is 0.278 e. The molecule has 0 saturated heterocycles. The first-order valence-electron chi connectivity index (χ1n) is 11.7. The van der Waals surface area contributed by atoms with Crippen LogP contribution in [0.2, 0.25) is 0 Å². The molecule has 5 aromatic rings. The number of hydrogen-bond acceptors (Lipinski definition) is 7. The Morgan fingerprint density at radius 3 is 2.50 bits per heavy atom. The van der Waals surface area contributed by atoms with Crippen LogP contribution < -0.4 is 10.3 Å². The van der Waals surface area contributed by atoms with Crippen molar-refractivity contribution in [3.05, 3.63) is 110 Å². The molecule has 0 fully saturated rings. The van der Waals surface area contributed by atoms with Crippen molar-refractivity contribution < 1.29 is 13.9 Å².